The van der Waals surface area contributed by atoms with Crippen LogP contribution < -0.4 is 10.6 Å². The van der Waals surface area contributed by atoms with Gasteiger partial charge in [-0.25, -0.2) is 0 Å². The van der Waals surface area contributed by atoms with Crippen LogP contribution in [0.5, 0.6) is 0 Å². The topological polar surface area (TPSA) is 27.3 Å². The van der Waals surface area contributed by atoms with Crippen LogP contribution >= 0.6 is 24.8 Å². The van der Waals surface area contributed by atoms with E-state index >= 15 is 0 Å². The molecule has 27 heavy (non-hydrogen) atoms. The van der Waals surface area contributed by atoms with Crippen LogP contribution in [0.15, 0.2) is 54.6 Å². The van der Waals surface area contributed by atoms with Crippen LogP contribution in [0.2, 0.25) is 0 Å². The minimum absolute atomic E-state index is 0. The molecule has 1 saturated heterocycles. The van der Waals surface area contributed by atoms with Crippen molar-refractivity contribution in [2.24, 2.45) is 5.92 Å². The van der Waals surface area contributed by atoms with E-state index in [4.69, 9.17) is 0 Å². The minimum Gasteiger partial charge on any atom is -0.381 e. The maximum atomic E-state index is 3.54. The fraction of sp³-hybridized carbons (Fsp3) is 0.455. The van der Waals surface area contributed by atoms with Crippen molar-refractivity contribution in [3.05, 3.63) is 65.7 Å². The Bertz CT molecular complexity index is 653. The van der Waals surface area contributed by atoms with Gasteiger partial charge in [-0.1, -0.05) is 48.9 Å². The fourth-order valence-corrected chi connectivity index (χ4v) is 4.10. The van der Waals surface area contributed by atoms with Crippen molar-refractivity contribution in [2.45, 2.75) is 31.8 Å². The van der Waals surface area contributed by atoms with Gasteiger partial charge in [0.15, 0.2) is 0 Å². The van der Waals surface area contributed by atoms with Crippen LogP contribution in [0.1, 0.15) is 36.4 Å². The minimum atomic E-state index is 0. The number of halogens is 2. The summed E-state index contributed by atoms with van der Waals surface area (Å²) in [6, 6.07) is 20.4. The summed E-state index contributed by atoms with van der Waals surface area (Å²) in [5, 5.41) is 7.03. The summed E-state index contributed by atoms with van der Waals surface area (Å²) in [5.74, 6) is 0.848. The molecule has 0 amide bonds. The van der Waals surface area contributed by atoms with Gasteiger partial charge in [0.25, 0.3) is 0 Å². The van der Waals surface area contributed by atoms with E-state index in [1.54, 1.807) is 0 Å². The van der Waals surface area contributed by atoms with Crippen LogP contribution in [-0.2, 0) is 6.54 Å². The Morgan fingerprint density at radius 2 is 1.59 bits per heavy atom. The molecule has 0 bridgehead atoms. The second-order valence-corrected chi connectivity index (χ2v) is 7.38. The van der Waals surface area contributed by atoms with Crippen LogP contribution in [-0.4, -0.2) is 31.1 Å². The number of nitrogens with zero attached hydrogens (tertiary/aromatic N) is 1. The fourth-order valence-electron chi connectivity index (χ4n) is 4.10. The molecule has 3 nitrogen and oxygen atoms in total. The number of anilines is 1. The zero-order chi connectivity index (χ0) is 16.9. The maximum Gasteiger partial charge on any atom is 0.0400 e. The summed E-state index contributed by atoms with van der Waals surface area (Å²) in [5.41, 5.74) is 4.02. The van der Waals surface area contributed by atoms with Crippen LogP contribution in [0.3, 0.4) is 0 Å². The summed E-state index contributed by atoms with van der Waals surface area (Å²) in [7, 11) is 0. The third-order valence-corrected chi connectivity index (χ3v) is 5.73. The normalized spacial score (nSPS) is 18.5. The predicted octanol–water partition coefficient (Wildman–Crippen LogP) is 4.89. The first-order valence-corrected chi connectivity index (χ1v) is 9.73. The average molecular weight is 408 g/mol. The van der Waals surface area contributed by atoms with Crippen molar-refractivity contribution < 1.29 is 0 Å². The number of hydrogen-bond acceptors (Lipinski definition) is 3. The lowest BCUT2D eigenvalue weighted by Gasteiger charge is -2.43. The molecule has 0 radical (unpaired) electrons. The number of benzene rings is 2. The van der Waals surface area contributed by atoms with E-state index in [0.717, 1.165) is 25.6 Å². The van der Waals surface area contributed by atoms with Gasteiger partial charge in [0.05, 0.1) is 0 Å². The predicted molar refractivity (Wildman–Crippen MR) is 119 cm³/mol. The van der Waals surface area contributed by atoms with Gasteiger partial charge in [-0.05, 0) is 42.0 Å². The highest BCUT2D eigenvalue weighted by Gasteiger charge is 2.33. The molecular formula is C22H31Cl2N3. The Morgan fingerprint density at radius 3 is 2.19 bits per heavy atom. The third-order valence-electron chi connectivity index (χ3n) is 5.73. The zero-order valence-electron chi connectivity index (χ0n) is 15.8. The van der Waals surface area contributed by atoms with Gasteiger partial charge >= 0.3 is 0 Å². The molecule has 4 rings (SSSR count). The van der Waals surface area contributed by atoms with Crippen molar-refractivity contribution in [1.29, 1.82) is 0 Å². The van der Waals surface area contributed by atoms with E-state index in [2.05, 4.69) is 70.1 Å². The number of piperazine rings is 1. The summed E-state index contributed by atoms with van der Waals surface area (Å²) in [6.07, 6.45) is 4.19. The summed E-state index contributed by atoms with van der Waals surface area (Å²) < 4.78 is 0. The molecule has 0 aromatic heterocycles. The van der Waals surface area contributed by atoms with Gasteiger partial charge in [0, 0.05) is 44.5 Å². The Balaban J connectivity index is 0.00000131. The molecule has 2 N–H and O–H groups in total. The largest absolute Gasteiger partial charge is 0.381 e. The van der Waals surface area contributed by atoms with Gasteiger partial charge in [0.2, 0.25) is 0 Å². The highest BCUT2D eigenvalue weighted by Crippen LogP contribution is 2.41. The van der Waals surface area contributed by atoms with Gasteiger partial charge in [-0.15, -0.1) is 24.8 Å². The van der Waals surface area contributed by atoms with Gasteiger partial charge < -0.3 is 10.6 Å². The molecule has 5 heteroatoms. The molecular weight excluding hydrogens is 377 g/mol. The lowest BCUT2D eigenvalue weighted by atomic mass is 9.76. The number of nitrogens with one attached hydrogen (secondary N) is 2. The van der Waals surface area contributed by atoms with Gasteiger partial charge in [-0.3, -0.25) is 4.90 Å². The third kappa shape index (κ3) is 5.61. The molecule has 1 saturated carbocycles. The molecule has 0 unspecified atom stereocenters. The molecule has 1 aliphatic heterocycles. The van der Waals surface area contributed by atoms with Crippen molar-refractivity contribution in [2.75, 3.05) is 31.5 Å². The lowest BCUT2D eigenvalue weighted by Crippen LogP contribution is -2.47. The first-order valence-electron chi connectivity index (χ1n) is 9.73. The van der Waals surface area contributed by atoms with Crippen LogP contribution in [0.25, 0.3) is 0 Å². The van der Waals surface area contributed by atoms with Crippen molar-refractivity contribution in [3.63, 3.8) is 0 Å². The molecule has 1 atom stereocenters. The van der Waals surface area contributed by atoms with E-state index in [9.17, 15) is 0 Å². The SMILES string of the molecule is Cl.Cl.c1ccc(CNc2ccc([C@@H](C3CCC3)N3CCNCC3)cc2)cc1. The first-order chi connectivity index (χ1) is 12.4. The first kappa shape index (κ1) is 22.0. The molecule has 2 fully saturated rings. The highest BCUT2D eigenvalue weighted by molar-refractivity contribution is 5.85. The monoisotopic (exact) mass is 407 g/mol. The number of hydrogen-bond donors (Lipinski definition) is 2. The summed E-state index contributed by atoms with van der Waals surface area (Å²) in [4.78, 5) is 2.70. The van der Waals surface area contributed by atoms with Crippen molar-refractivity contribution in [1.82, 2.24) is 10.2 Å². The van der Waals surface area contributed by atoms with Gasteiger partial charge in [0.1, 0.15) is 0 Å². The molecule has 2 aromatic rings. The van der Waals surface area contributed by atoms with E-state index < -0.39 is 0 Å². The Kier molecular flexibility index (Phi) is 8.91. The van der Waals surface area contributed by atoms with Gasteiger partial charge in [-0.2, -0.15) is 0 Å². The van der Waals surface area contributed by atoms with E-state index in [1.807, 2.05) is 0 Å². The zero-order valence-corrected chi connectivity index (χ0v) is 17.4. The average Bonchev–Trinajstić information content (AvgIpc) is 2.65. The maximum absolute atomic E-state index is 3.54. The Hall–Kier alpha value is -1.26. The summed E-state index contributed by atoms with van der Waals surface area (Å²) >= 11 is 0. The second kappa shape index (κ2) is 10.9. The molecule has 1 aliphatic carbocycles. The van der Waals surface area contributed by atoms with Crippen molar-refractivity contribution in [3.8, 4) is 0 Å². The summed E-state index contributed by atoms with van der Waals surface area (Å²) in [6.45, 7) is 5.48. The lowest BCUT2D eigenvalue weighted by molar-refractivity contribution is 0.0837. The second-order valence-electron chi connectivity index (χ2n) is 7.38. The Morgan fingerprint density at radius 1 is 0.926 bits per heavy atom. The number of rotatable bonds is 6. The molecule has 148 valence electrons. The van der Waals surface area contributed by atoms with E-state index in [-0.39, 0.29) is 24.8 Å². The molecule has 0 spiro atoms. The van der Waals surface area contributed by atoms with Crippen molar-refractivity contribution >= 4 is 30.5 Å². The highest BCUT2D eigenvalue weighted by atomic mass is 35.5. The van der Waals surface area contributed by atoms with E-state index in [0.29, 0.717) is 6.04 Å². The Labute approximate surface area is 175 Å². The quantitative estimate of drug-likeness (QED) is 0.713. The van der Waals surface area contributed by atoms with Crippen LogP contribution in [0.4, 0.5) is 5.69 Å². The standard InChI is InChI=1S/C22H29N3.2ClH/c1-2-5-18(6-3-1)17-24-21-11-9-20(10-12-21)22(19-7-4-8-19)25-15-13-23-14-16-25;;/h1-3,5-6,9-12,19,22-24H,4,7-8,13-17H2;2*1H/t22-;;/m1../s1. The molecule has 1 heterocycles. The molecule has 2 aliphatic rings. The smallest absolute Gasteiger partial charge is 0.0400 e. The van der Waals surface area contributed by atoms with Crippen LogP contribution in [0, 0.1) is 5.92 Å². The van der Waals surface area contributed by atoms with E-state index in [1.165, 1.54) is 49.2 Å². The molecule has 2 aromatic carbocycles.